The lowest BCUT2D eigenvalue weighted by atomic mass is 10.1. The minimum absolute atomic E-state index is 0.537. The van der Waals surface area contributed by atoms with Gasteiger partial charge in [0.2, 0.25) is 0 Å². The predicted molar refractivity (Wildman–Crippen MR) is 78.4 cm³/mol. The first-order chi connectivity index (χ1) is 9.08. The van der Waals surface area contributed by atoms with Crippen LogP contribution in [0.2, 0.25) is 5.02 Å². The number of benzene rings is 1. The fraction of sp³-hybridized carbons (Fsp3) is 0.286. The molecule has 1 N–H and O–H groups in total. The Bertz CT molecular complexity index is 575. The molecule has 0 amide bonds. The summed E-state index contributed by atoms with van der Waals surface area (Å²) in [6, 6.07) is 7.71. The molecule has 0 fully saturated rings. The molecule has 100 valence electrons. The highest BCUT2D eigenvalue weighted by Gasteiger charge is 2.09. The summed E-state index contributed by atoms with van der Waals surface area (Å²) in [4.78, 5) is 9.69. The summed E-state index contributed by atoms with van der Waals surface area (Å²) in [5, 5.41) is 10.3. The number of aromatic nitrogens is 2. The normalized spacial score (nSPS) is 12.4. The number of aliphatic hydroxyl groups excluding tert-OH is 1. The molecule has 5 heteroatoms. The number of nitrogens with zero attached hydrogens (tertiary/aromatic N) is 2. The zero-order valence-electron chi connectivity index (χ0n) is 10.8. The topological polar surface area (TPSA) is 46.0 Å². The van der Waals surface area contributed by atoms with E-state index in [9.17, 15) is 5.11 Å². The molecule has 0 unspecified atom stereocenters. The van der Waals surface area contributed by atoms with Crippen molar-refractivity contribution >= 4 is 23.4 Å². The SMILES string of the molecule is Cc1nc(CSc2ccccc2Cl)ncc1[C@@H](C)O. The van der Waals surface area contributed by atoms with Gasteiger partial charge in [-0.25, -0.2) is 9.97 Å². The molecule has 0 spiro atoms. The van der Waals surface area contributed by atoms with E-state index >= 15 is 0 Å². The average Bonchev–Trinajstić information content (AvgIpc) is 2.37. The first kappa shape index (κ1) is 14.3. The van der Waals surface area contributed by atoms with Gasteiger partial charge < -0.3 is 5.11 Å². The van der Waals surface area contributed by atoms with Crippen molar-refractivity contribution in [3.63, 3.8) is 0 Å². The van der Waals surface area contributed by atoms with Gasteiger partial charge in [-0.05, 0) is 26.0 Å². The summed E-state index contributed by atoms with van der Waals surface area (Å²) >= 11 is 7.70. The highest BCUT2D eigenvalue weighted by atomic mass is 35.5. The van der Waals surface area contributed by atoms with E-state index < -0.39 is 6.10 Å². The third-order valence-electron chi connectivity index (χ3n) is 2.71. The fourth-order valence-electron chi connectivity index (χ4n) is 1.71. The smallest absolute Gasteiger partial charge is 0.138 e. The lowest BCUT2D eigenvalue weighted by Gasteiger charge is -2.09. The second-order valence-corrected chi connectivity index (χ2v) is 5.65. The van der Waals surface area contributed by atoms with E-state index in [1.165, 1.54) is 0 Å². The van der Waals surface area contributed by atoms with Crippen LogP contribution in [0.25, 0.3) is 0 Å². The summed E-state index contributed by atoms with van der Waals surface area (Å²) in [5.74, 6) is 1.40. The van der Waals surface area contributed by atoms with Crippen molar-refractivity contribution in [2.24, 2.45) is 0 Å². The van der Waals surface area contributed by atoms with Crippen LogP contribution in [-0.4, -0.2) is 15.1 Å². The maximum atomic E-state index is 9.54. The van der Waals surface area contributed by atoms with Crippen LogP contribution in [0.3, 0.4) is 0 Å². The Hall–Kier alpha value is -1.10. The van der Waals surface area contributed by atoms with Crippen LogP contribution in [0.15, 0.2) is 35.4 Å². The van der Waals surface area contributed by atoms with Crippen LogP contribution in [0.1, 0.15) is 30.1 Å². The van der Waals surface area contributed by atoms with Crippen molar-refractivity contribution in [1.82, 2.24) is 9.97 Å². The van der Waals surface area contributed by atoms with E-state index in [0.717, 1.165) is 27.0 Å². The zero-order valence-corrected chi connectivity index (χ0v) is 12.4. The second kappa shape index (κ2) is 6.37. The summed E-state index contributed by atoms with van der Waals surface area (Å²) in [6.07, 6.45) is 1.15. The number of hydrogen-bond acceptors (Lipinski definition) is 4. The van der Waals surface area contributed by atoms with Gasteiger partial charge in [-0.1, -0.05) is 23.7 Å². The molecule has 1 atom stereocenters. The molecule has 0 aliphatic heterocycles. The van der Waals surface area contributed by atoms with E-state index in [1.54, 1.807) is 24.9 Å². The molecule has 1 heterocycles. The Morgan fingerprint density at radius 3 is 2.74 bits per heavy atom. The van der Waals surface area contributed by atoms with Crippen LogP contribution in [0.4, 0.5) is 0 Å². The number of hydrogen-bond donors (Lipinski definition) is 1. The molecule has 1 aromatic heterocycles. The number of halogens is 1. The molecular weight excluding hydrogens is 280 g/mol. The minimum atomic E-state index is -0.537. The number of aryl methyl sites for hydroxylation is 1. The van der Waals surface area contributed by atoms with Gasteiger partial charge in [0.15, 0.2) is 0 Å². The largest absolute Gasteiger partial charge is 0.389 e. The van der Waals surface area contributed by atoms with Crippen molar-refractivity contribution in [3.05, 3.63) is 52.6 Å². The maximum Gasteiger partial charge on any atom is 0.138 e. The van der Waals surface area contributed by atoms with Gasteiger partial charge in [0.25, 0.3) is 0 Å². The van der Waals surface area contributed by atoms with Crippen LogP contribution < -0.4 is 0 Å². The Balaban J connectivity index is 2.08. The van der Waals surface area contributed by atoms with Gasteiger partial charge in [0.05, 0.1) is 16.9 Å². The van der Waals surface area contributed by atoms with Crippen molar-refractivity contribution in [3.8, 4) is 0 Å². The van der Waals surface area contributed by atoms with Gasteiger partial charge in [-0.2, -0.15) is 0 Å². The third kappa shape index (κ3) is 3.69. The van der Waals surface area contributed by atoms with Crippen LogP contribution in [0, 0.1) is 6.92 Å². The van der Waals surface area contributed by atoms with Crippen LogP contribution in [-0.2, 0) is 5.75 Å². The van der Waals surface area contributed by atoms with Crippen molar-refractivity contribution in [1.29, 1.82) is 0 Å². The first-order valence-corrected chi connectivity index (χ1v) is 7.32. The minimum Gasteiger partial charge on any atom is -0.389 e. The van der Waals surface area contributed by atoms with Crippen LogP contribution in [0.5, 0.6) is 0 Å². The summed E-state index contributed by atoms with van der Waals surface area (Å²) in [5.41, 5.74) is 1.59. The Morgan fingerprint density at radius 1 is 1.37 bits per heavy atom. The highest BCUT2D eigenvalue weighted by Crippen LogP contribution is 2.28. The highest BCUT2D eigenvalue weighted by molar-refractivity contribution is 7.98. The van der Waals surface area contributed by atoms with Gasteiger partial charge >= 0.3 is 0 Å². The van der Waals surface area contributed by atoms with E-state index in [-0.39, 0.29) is 0 Å². The Labute approximate surface area is 122 Å². The maximum absolute atomic E-state index is 9.54. The van der Waals surface area contributed by atoms with Gasteiger partial charge in [0.1, 0.15) is 5.82 Å². The lowest BCUT2D eigenvalue weighted by molar-refractivity contribution is 0.197. The van der Waals surface area contributed by atoms with E-state index in [4.69, 9.17) is 11.6 Å². The Kier molecular flexibility index (Phi) is 4.80. The molecule has 19 heavy (non-hydrogen) atoms. The molecule has 2 aromatic rings. The summed E-state index contributed by atoms with van der Waals surface area (Å²) in [7, 11) is 0. The molecule has 0 saturated heterocycles. The molecule has 0 bridgehead atoms. The molecule has 2 rings (SSSR count). The van der Waals surface area contributed by atoms with Gasteiger partial charge in [0, 0.05) is 22.3 Å². The number of rotatable bonds is 4. The summed E-state index contributed by atoms with van der Waals surface area (Å²) in [6.45, 7) is 3.59. The van der Waals surface area contributed by atoms with Gasteiger partial charge in [-0.3, -0.25) is 0 Å². The van der Waals surface area contributed by atoms with E-state index in [0.29, 0.717) is 5.75 Å². The van der Waals surface area contributed by atoms with Gasteiger partial charge in [-0.15, -0.1) is 11.8 Å². The molecule has 1 aromatic carbocycles. The van der Waals surface area contributed by atoms with Crippen LogP contribution >= 0.6 is 23.4 Å². The molecule has 3 nitrogen and oxygen atoms in total. The van der Waals surface area contributed by atoms with E-state index in [2.05, 4.69) is 9.97 Å². The third-order valence-corrected chi connectivity index (χ3v) is 4.22. The first-order valence-electron chi connectivity index (χ1n) is 5.95. The molecular formula is C14H15ClN2OS. The van der Waals surface area contributed by atoms with Crippen molar-refractivity contribution in [2.45, 2.75) is 30.6 Å². The second-order valence-electron chi connectivity index (χ2n) is 4.22. The quantitative estimate of drug-likeness (QED) is 0.872. The fourth-order valence-corrected chi connectivity index (χ4v) is 2.81. The Morgan fingerprint density at radius 2 is 2.11 bits per heavy atom. The van der Waals surface area contributed by atoms with E-state index in [1.807, 2.05) is 31.2 Å². The summed E-state index contributed by atoms with van der Waals surface area (Å²) < 4.78 is 0. The molecule has 0 aliphatic rings. The molecule has 0 aliphatic carbocycles. The predicted octanol–water partition coefficient (Wildman–Crippen LogP) is 3.78. The van der Waals surface area contributed by atoms with Crippen molar-refractivity contribution < 1.29 is 5.11 Å². The molecule has 0 saturated carbocycles. The standard InChI is InChI=1S/C14H15ClN2OS/c1-9-11(10(2)18)7-16-14(17-9)8-19-13-6-4-3-5-12(13)15/h3-7,10,18H,8H2,1-2H3/t10-/m1/s1. The van der Waals surface area contributed by atoms with Crippen molar-refractivity contribution in [2.75, 3.05) is 0 Å². The zero-order chi connectivity index (χ0) is 13.8. The molecule has 0 radical (unpaired) electrons. The number of thioether (sulfide) groups is 1. The lowest BCUT2D eigenvalue weighted by Crippen LogP contribution is -2.02. The number of aliphatic hydroxyl groups is 1. The monoisotopic (exact) mass is 294 g/mol. The average molecular weight is 295 g/mol.